The maximum absolute atomic E-state index is 12.3. The van der Waals surface area contributed by atoms with Crippen LogP contribution in [-0.2, 0) is 11.3 Å². The van der Waals surface area contributed by atoms with Gasteiger partial charge in [-0.1, -0.05) is 36.4 Å². The molecule has 5 heteroatoms. The van der Waals surface area contributed by atoms with Gasteiger partial charge in [-0.15, -0.1) is 0 Å². The molecule has 2 N–H and O–H groups in total. The molecule has 1 aliphatic rings. The van der Waals surface area contributed by atoms with Crippen LogP contribution in [0.2, 0.25) is 0 Å². The van der Waals surface area contributed by atoms with Crippen LogP contribution in [0, 0.1) is 13.8 Å². The van der Waals surface area contributed by atoms with Crippen molar-refractivity contribution in [3.63, 3.8) is 0 Å². The maximum Gasteiger partial charge on any atom is 0.336 e. The SMILES string of the molecule is Cc1cc2oc(=O)cc(-c3ccc(N)cc3)c2c(C)c1-c1ccc(CN2CCOCC2)cc1. The molecule has 5 nitrogen and oxygen atoms in total. The molecule has 168 valence electrons. The van der Waals surface area contributed by atoms with E-state index in [4.69, 9.17) is 14.9 Å². The Morgan fingerprint density at radius 1 is 0.909 bits per heavy atom. The third-order valence-corrected chi connectivity index (χ3v) is 6.45. The third kappa shape index (κ3) is 4.30. The number of nitrogen functional groups attached to an aromatic ring is 1. The van der Waals surface area contributed by atoms with Crippen molar-refractivity contribution >= 4 is 16.7 Å². The van der Waals surface area contributed by atoms with E-state index in [-0.39, 0.29) is 5.63 Å². The molecule has 3 aromatic carbocycles. The number of nitrogens with two attached hydrogens (primary N) is 1. The normalized spacial score (nSPS) is 14.6. The summed E-state index contributed by atoms with van der Waals surface area (Å²) in [4.78, 5) is 14.7. The van der Waals surface area contributed by atoms with Crippen LogP contribution in [0.5, 0.6) is 0 Å². The summed E-state index contributed by atoms with van der Waals surface area (Å²) >= 11 is 0. The minimum absolute atomic E-state index is 0.353. The quantitative estimate of drug-likeness (QED) is 0.351. The van der Waals surface area contributed by atoms with Gasteiger partial charge in [0.1, 0.15) is 5.58 Å². The van der Waals surface area contributed by atoms with Crippen LogP contribution >= 0.6 is 0 Å². The van der Waals surface area contributed by atoms with Crippen LogP contribution in [0.25, 0.3) is 33.2 Å². The van der Waals surface area contributed by atoms with Crippen molar-refractivity contribution in [2.75, 3.05) is 32.0 Å². The molecule has 4 aromatic rings. The van der Waals surface area contributed by atoms with E-state index in [9.17, 15) is 4.79 Å². The molecule has 0 saturated carbocycles. The van der Waals surface area contributed by atoms with E-state index < -0.39 is 0 Å². The molecule has 0 unspecified atom stereocenters. The predicted octanol–water partition coefficient (Wildman–Crippen LogP) is 5.16. The molecule has 0 atom stereocenters. The first-order chi connectivity index (χ1) is 16.0. The zero-order valence-corrected chi connectivity index (χ0v) is 19.1. The number of rotatable bonds is 4. The Hall–Kier alpha value is -3.41. The zero-order chi connectivity index (χ0) is 22.9. The lowest BCUT2D eigenvalue weighted by Gasteiger charge is -2.26. The Kier molecular flexibility index (Phi) is 5.75. The molecule has 2 heterocycles. The highest BCUT2D eigenvalue weighted by molar-refractivity contribution is 6.00. The second-order valence-electron chi connectivity index (χ2n) is 8.75. The molecule has 1 saturated heterocycles. The van der Waals surface area contributed by atoms with Crippen LogP contribution < -0.4 is 11.4 Å². The van der Waals surface area contributed by atoms with Crippen LogP contribution in [0.1, 0.15) is 16.7 Å². The Labute approximate surface area is 193 Å². The van der Waals surface area contributed by atoms with Gasteiger partial charge in [0.25, 0.3) is 0 Å². The second-order valence-corrected chi connectivity index (χ2v) is 8.75. The molecule has 0 radical (unpaired) electrons. The lowest BCUT2D eigenvalue weighted by molar-refractivity contribution is 0.0342. The van der Waals surface area contributed by atoms with Crippen molar-refractivity contribution in [3.8, 4) is 22.3 Å². The number of morpholine rings is 1. The maximum atomic E-state index is 12.3. The summed E-state index contributed by atoms with van der Waals surface area (Å²) in [6.45, 7) is 8.67. The lowest BCUT2D eigenvalue weighted by atomic mass is 9.89. The van der Waals surface area contributed by atoms with E-state index in [0.717, 1.165) is 66.1 Å². The summed E-state index contributed by atoms with van der Waals surface area (Å²) < 4.78 is 11.1. The molecular weight excluding hydrogens is 412 g/mol. The van der Waals surface area contributed by atoms with Crippen LogP contribution in [0.4, 0.5) is 5.69 Å². The minimum Gasteiger partial charge on any atom is -0.423 e. The topological polar surface area (TPSA) is 68.7 Å². The molecule has 1 aliphatic heterocycles. The Morgan fingerprint density at radius 3 is 2.27 bits per heavy atom. The van der Waals surface area contributed by atoms with Gasteiger partial charge in [0, 0.05) is 42.3 Å². The van der Waals surface area contributed by atoms with E-state index in [1.54, 1.807) is 6.07 Å². The number of ether oxygens (including phenoxy) is 1. The summed E-state index contributed by atoms with van der Waals surface area (Å²) in [6.07, 6.45) is 0. The van der Waals surface area contributed by atoms with E-state index >= 15 is 0 Å². The molecule has 5 rings (SSSR count). The van der Waals surface area contributed by atoms with Crippen LogP contribution in [0.3, 0.4) is 0 Å². The van der Waals surface area contributed by atoms with Crippen molar-refractivity contribution in [1.82, 2.24) is 4.90 Å². The number of aryl methyl sites for hydroxylation is 2. The Balaban J connectivity index is 1.58. The van der Waals surface area contributed by atoms with Crippen LogP contribution in [0.15, 0.2) is 69.9 Å². The Morgan fingerprint density at radius 2 is 1.58 bits per heavy atom. The van der Waals surface area contributed by atoms with Crippen LogP contribution in [-0.4, -0.2) is 31.2 Å². The standard InChI is InChI=1S/C28H28N2O3/c1-18-15-25-28(24(16-26(31)33-25)21-7-9-23(29)10-8-21)19(2)27(18)22-5-3-20(4-6-22)17-30-11-13-32-14-12-30/h3-10,15-16H,11-14,17,29H2,1-2H3. The number of nitrogens with zero attached hydrogens (tertiary/aromatic N) is 1. The van der Waals surface area contributed by atoms with E-state index in [1.807, 2.05) is 30.3 Å². The van der Waals surface area contributed by atoms with E-state index in [1.165, 1.54) is 11.1 Å². The first kappa shape index (κ1) is 21.4. The average Bonchev–Trinajstić information content (AvgIpc) is 2.80. The summed E-state index contributed by atoms with van der Waals surface area (Å²) in [6, 6.07) is 20.0. The fourth-order valence-corrected chi connectivity index (χ4v) is 4.82. The molecule has 33 heavy (non-hydrogen) atoms. The minimum atomic E-state index is -0.353. The molecule has 1 aromatic heterocycles. The zero-order valence-electron chi connectivity index (χ0n) is 19.1. The fourth-order valence-electron chi connectivity index (χ4n) is 4.82. The highest BCUT2D eigenvalue weighted by atomic mass is 16.5. The highest BCUT2D eigenvalue weighted by Crippen LogP contribution is 2.37. The summed E-state index contributed by atoms with van der Waals surface area (Å²) in [5.74, 6) is 0. The third-order valence-electron chi connectivity index (χ3n) is 6.45. The number of hydrogen-bond acceptors (Lipinski definition) is 5. The van der Waals surface area contributed by atoms with Crippen molar-refractivity contribution < 1.29 is 9.15 Å². The number of anilines is 1. The summed E-state index contributed by atoms with van der Waals surface area (Å²) in [7, 11) is 0. The average molecular weight is 441 g/mol. The molecule has 0 aliphatic carbocycles. The first-order valence-electron chi connectivity index (χ1n) is 11.3. The van der Waals surface area contributed by atoms with Gasteiger partial charge in [-0.3, -0.25) is 4.90 Å². The predicted molar refractivity (Wildman–Crippen MR) is 133 cm³/mol. The van der Waals surface area contributed by atoms with Gasteiger partial charge in [0.15, 0.2) is 0 Å². The largest absolute Gasteiger partial charge is 0.423 e. The number of hydrogen-bond donors (Lipinski definition) is 1. The Bertz CT molecular complexity index is 1350. The van der Waals surface area contributed by atoms with Gasteiger partial charge in [-0.25, -0.2) is 4.79 Å². The molecule has 0 bridgehead atoms. The van der Waals surface area contributed by atoms with Gasteiger partial charge in [-0.05, 0) is 65.4 Å². The molecule has 0 spiro atoms. The van der Waals surface area contributed by atoms with Gasteiger partial charge >= 0.3 is 5.63 Å². The van der Waals surface area contributed by atoms with Gasteiger partial charge in [0.05, 0.1) is 13.2 Å². The molecule has 1 fully saturated rings. The molecular formula is C28H28N2O3. The highest BCUT2D eigenvalue weighted by Gasteiger charge is 2.17. The van der Waals surface area contributed by atoms with Crippen molar-refractivity contribution in [2.24, 2.45) is 0 Å². The number of benzene rings is 3. The lowest BCUT2D eigenvalue weighted by Crippen LogP contribution is -2.35. The fraction of sp³-hybridized carbons (Fsp3) is 0.250. The number of fused-ring (bicyclic) bond motifs is 1. The molecule has 0 amide bonds. The first-order valence-corrected chi connectivity index (χ1v) is 11.3. The monoisotopic (exact) mass is 440 g/mol. The van der Waals surface area contributed by atoms with Gasteiger partial charge in [-0.2, -0.15) is 0 Å². The van der Waals surface area contributed by atoms with E-state index in [2.05, 4.69) is 43.0 Å². The summed E-state index contributed by atoms with van der Waals surface area (Å²) in [5, 5.41) is 0.956. The smallest absolute Gasteiger partial charge is 0.336 e. The van der Waals surface area contributed by atoms with Crippen molar-refractivity contribution in [3.05, 3.63) is 87.8 Å². The van der Waals surface area contributed by atoms with Gasteiger partial charge in [0.2, 0.25) is 0 Å². The van der Waals surface area contributed by atoms with Crippen molar-refractivity contribution in [2.45, 2.75) is 20.4 Å². The second kappa shape index (κ2) is 8.85. The van der Waals surface area contributed by atoms with Gasteiger partial charge < -0.3 is 14.9 Å². The summed E-state index contributed by atoms with van der Waals surface area (Å²) in [5.41, 5.74) is 14.4. The van der Waals surface area contributed by atoms with E-state index in [0.29, 0.717) is 11.3 Å². The van der Waals surface area contributed by atoms with Crippen molar-refractivity contribution in [1.29, 1.82) is 0 Å².